The summed E-state index contributed by atoms with van der Waals surface area (Å²) in [5.41, 5.74) is 6.65. The average Bonchev–Trinajstić information content (AvgIpc) is 3.08. The van der Waals surface area contributed by atoms with Gasteiger partial charge in [-0.1, -0.05) is 0 Å². The van der Waals surface area contributed by atoms with E-state index in [-0.39, 0.29) is 5.91 Å². The van der Waals surface area contributed by atoms with E-state index in [9.17, 15) is 4.79 Å². The molecular weight excluding hydrogens is 254 g/mol. The third kappa shape index (κ3) is 2.60. The van der Waals surface area contributed by atoms with Crippen LogP contribution in [0.1, 0.15) is 35.4 Å². The summed E-state index contributed by atoms with van der Waals surface area (Å²) < 4.78 is 5.23. The predicted molar refractivity (Wildman–Crippen MR) is 76.5 cm³/mol. The molecule has 2 fully saturated rings. The highest BCUT2D eigenvalue weighted by atomic mass is 16.3. The number of hydrogen-bond acceptors (Lipinski definition) is 4. The number of likely N-dealkylation sites (tertiary alicyclic amines) is 2. The lowest BCUT2D eigenvalue weighted by molar-refractivity contribution is 0.0767. The van der Waals surface area contributed by atoms with E-state index in [2.05, 4.69) is 4.90 Å². The van der Waals surface area contributed by atoms with Crippen molar-refractivity contribution >= 4 is 5.91 Å². The van der Waals surface area contributed by atoms with Gasteiger partial charge in [-0.3, -0.25) is 9.69 Å². The van der Waals surface area contributed by atoms with E-state index in [0.29, 0.717) is 23.4 Å². The Morgan fingerprint density at radius 3 is 2.70 bits per heavy atom. The Hall–Kier alpha value is -1.33. The first-order valence-electron chi connectivity index (χ1n) is 7.48. The van der Waals surface area contributed by atoms with E-state index in [1.54, 1.807) is 12.3 Å². The van der Waals surface area contributed by atoms with Crippen molar-refractivity contribution in [3.05, 3.63) is 23.7 Å². The fourth-order valence-corrected chi connectivity index (χ4v) is 3.29. The summed E-state index contributed by atoms with van der Waals surface area (Å²) in [7, 11) is 0. The molecule has 0 bridgehead atoms. The minimum atomic E-state index is 0.104. The van der Waals surface area contributed by atoms with E-state index in [1.165, 1.54) is 0 Å². The van der Waals surface area contributed by atoms with Crippen LogP contribution in [-0.4, -0.2) is 54.0 Å². The molecule has 5 nitrogen and oxygen atoms in total. The molecular formula is C15H23N3O2. The smallest absolute Gasteiger partial charge is 0.257 e. The Labute approximate surface area is 119 Å². The molecule has 1 aromatic rings. The minimum absolute atomic E-state index is 0.104. The summed E-state index contributed by atoms with van der Waals surface area (Å²) in [4.78, 5) is 16.9. The highest BCUT2D eigenvalue weighted by Gasteiger charge is 2.32. The van der Waals surface area contributed by atoms with Gasteiger partial charge in [0.2, 0.25) is 0 Å². The molecule has 2 aliphatic rings. The maximum Gasteiger partial charge on any atom is 0.257 e. The maximum absolute atomic E-state index is 12.4. The Morgan fingerprint density at radius 1 is 1.30 bits per heavy atom. The van der Waals surface area contributed by atoms with Gasteiger partial charge in [0, 0.05) is 25.2 Å². The Balaban J connectivity index is 1.59. The van der Waals surface area contributed by atoms with E-state index >= 15 is 0 Å². The van der Waals surface area contributed by atoms with Crippen LogP contribution >= 0.6 is 0 Å². The highest BCUT2D eigenvalue weighted by Crippen LogP contribution is 2.22. The number of amides is 1. The first-order chi connectivity index (χ1) is 9.65. The number of rotatable bonds is 2. The third-order valence-electron chi connectivity index (χ3n) is 4.63. The maximum atomic E-state index is 12.4. The standard InChI is InChI=1S/C15H23N3O2/c1-11-14(5-9-20-11)15(19)18-8-4-13(10-18)17-6-2-12(16)3-7-17/h5,9,12-13H,2-4,6-8,10,16H2,1H3. The van der Waals surface area contributed by atoms with E-state index < -0.39 is 0 Å². The molecule has 0 aliphatic carbocycles. The van der Waals surface area contributed by atoms with E-state index in [1.807, 2.05) is 11.8 Å². The molecule has 0 aromatic carbocycles. The van der Waals surface area contributed by atoms with E-state index in [4.69, 9.17) is 10.2 Å². The third-order valence-corrected chi connectivity index (χ3v) is 4.63. The van der Waals surface area contributed by atoms with Crippen LogP contribution in [0.5, 0.6) is 0 Å². The molecule has 3 rings (SSSR count). The van der Waals surface area contributed by atoms with Crippen molar-refractivity contribution in [1.82, 2.24) is 9.80 Å². The Kier molecular flexibility index (Phi) is 3.81. The fourth-order valence-electron chi connectivity index (χ4n) is 3.29. The summed E-state index contributed by atoms with van der Waals surface area (Å²) in [6.45, 7) is 5.65. The van der Waals surface area contributed by atoms with Gasteiger partial charge in [0.25, 0.3) is 5.91 Å². The monoisotopic (exact) mass is 277 g/mol. The predicted octanol–water partition coefficient (Wildman–Crippen LogP) is 1.23. The van der Waals surface area contributed by atoms with Crippen molar-refractivity contribution in [2.75, 3.05) is 26.2 Å². The van der Waals surface area contributed by atoms with Gasteiger partial charge < -0.3 is 15.1 Å². The topological polar surface area (TPSA) is 62.7 Å². The molecule has 1 aromatic heterocycles. The van der Waals surface area contributed by atoms with Crippen molar-refractivity contribution in [3.8, 4) is 0 Å². The molecule has 1 unspecified atom stereocenters. The Bertz CT molecular complexity index is 477. The van der Waals surface area contributed by atoms with Gasteiger partial charge in [0.1, 0.15) is 5.76 Å². The molecule has 2 aliphatic heterocycles. The molecule has 1 amide bonds. The van der Waals surface area contributed by atoms with Gasteiger partial charge in [0.15, 0.2) is 0 Å². The largest absolute Gasteiger partial charge is 0.469 e. The van der Waals surface area contributed by atoms with Crippen LogP contribution < -0.4 is 5.73 Å². The average molecular weight is 277 g/mol. The van der Waals surface area contributed by atoms with Crippen LogP contribution in [-0.2, 0) is 0 Å². The molecule has 20 heavy (non-hydrogen) atoms. The zero-order valence-electron chi connectivity index (χ0n) is 12.0. The van der Waals surface area contributed by atoms with Gasteiger partial charge in [-0.25, -0.2) is 0 Å². The van der Waals surface area contributed by atoms with Gasteiger partial charge in [0.05, 0.1) is 11.8 Å². The molecule has 110 valence electrons. The molecule has 3 heterocycles. The first kappa shape index (κ1) is 13.6. The molecule has 5 heteroatoms. The molecule has 2 N–H and O–H groups in total. The summed E-state index contributed by atoms with van der Waals surface area (Å²) in [5, 5.41) is 0. The summed E-state index contributed by atoms with van der Waals surface area (Å²) in [5.74, 6) is 0.815. The van der Waals surface area contributed by atoms with Gasteiger partial charge >= 0.3 is 0 Å². The van der Waals surface area contributed by atoms with Crippen molar-refractivity contribution in [3.63, 3.8) is 0 Å². The van der Waals surface area contributed by atoms with Crippen LogP contribution in [0.2, 0.25) is 0 Å². The number of carbonyl (C=O) groups excluding carboxylic acids is 1. The normalized spacial score (nSPS) is 25.3. The number of furan rings is 1. The van der Waals surface area contributed by atoms with Crippen molar-refractivity contribution in [2.45, 2.75) is 38.3 Å². The Morgan fingerprint density at radius 2 is 2.05 bits per heavy atom. The van der Waals surface area contributed by atoms with Crippen molar-refractivity contribution < 1.29 is 9.21 Å². The number of hydrogen-bond donors (Lipinski definition) is 1. The quantitative estimate of drug-likeness (QED) is 0.883. The SMILES string of the molecule is Cc1occc1C(=O)N1CCC(N2CCC(N)CC2)C1. The summed E-state index contributed by atoms with van der Waals surface area (Å²) in [6, 6.07) is 2.63. The molecule has 0 radical (unpaired) electrons. The number of nitrogens with two attached hydrogens (primary N) is 1. The second-order valence-corrected chi connectivity index (χ2v) is 5.96. The van der Waals surface area contributed by atoms with Gasteiger partial charge in [-0.05, 0) is 45.3 Å². The van der Waals surface area contributed by atoms with Crippen LogP contribution in [0.4, 0.5) is 0 Å². The number of carbonyl (C=O) groups is 1. The van der Waals surface area contributed by atoms with Gasteiger partial charge in [-0.2, -0.15) is 0 Å². The highest BCUT2D eigenvalue weighted by molar-refractivity contribution is 5.95. The van der Waals surface area contributed by atoms with Gasteiger partial charge in [-0.15, -0.1) is 0 Å². The van der Waals surface area contributed by atoms with Crippen LogP contribution in [0, 0.1) is 6.92 Å². The van der Waals surface area contributed by atoms with Crippen LogP contribution in [0.3, 0.4) is 0 Å². The zero-order chi connectivity index (χ0) is 14.1. The van der Waals surface area contributed by atoms with Crippen molar-refractivity contribution in [2.24, 2.45) is 5.73 Å². The lowest BCUT2D eigenvalue weighted by Gasteiger charge is -2.34. The zero-order valence-corrected chi connectivity index (χ0v) is 12.0. The molecule has 2 saturated heterocycles. The summed E-state index contributed by atoms with van der Waals surface area (Å²) in [6.07, 6.45) is 4.80. The van der Waals surface area contributed by atoms with Crippen LogP contribution in [0.15, 0.2) is 16.7 Å². The minimum Gasteiger partial charge on any atom is -0.469 e. The lowest BCUT2D eigenvalue weighted by atomic mass is 10.0. The molecule has 0 saturated carbocycles. The van der Waals surface area contributed by atoms with Crippen molar-refractivity contribution in [1.29, 1.82) is 0 Å². The second-order valence-electron chi connectivity index (χ2n) is 5.96. The molecule has 0 spiro atoms. The molecule has 1 atom stereocenters. The number of aryl methyl sites for hydroxylation is 1. The lowest BCUT2D eigenvalue weighted by Crippen LogP contribution is -2.46. The number of nitrogens with zero attached hydrogens (tertiary/aromatic N) is 2. The van der Waals surface area contributed by atoms with Crippen LogP contribution in [0.25, 0.3) is 0 Å². The fraction of sp³-hybridized carbons (Fsp3) is 0.667. The second kappa shape index (κ2) is 5.58. The summed E-state index contributed by atoms with van der Waals surface area (Å²) >= 11 is 0. The number of piperidine rings is 1. The first-order valence-corrected chi connectivity index (χ1v) is 7.48. The van der Waals surface area contributed by atoms with E-state index in [0.717, 1.165) is 45.4 Å².